The first kappa shape index (κ1) is 107. The summed E-state index contributed by atoms with van der Waals surface area (Å²) < 4.78 is 69.7. The molecule has 0 saturated carbocycles. The van der Waals surface area contributed by atoms with Gasteiger partial charge in [-0.05, 0) is 56.7 Å². The number of nitrogens with one attached hydrogen (secondary N) is 9. The quantitative estimate of drug-likeness (QED) is 0.0213. The van der Waals surface area contributed by atoms with Crippen LogP contribution in [0.3, 0.4) is 0 Å². The third-order valence-electron chi connectivity index (χ3n) is 19.4. The van der Waals surface area contributed by atoms with Crippen LogP contribution in [-0.2, 0) is 89.9 Å². The van der Waals surface area contributed by atoms with Crippen molar-refractivity contribution in [1.82, 2.24) is 47.9 Å². The standard InChI is InChI=1S/C72H120N9O40PS/c1-111-122(109,110)117-22-8-3-2-6-15-73-50(89)14-28-123-46(32-51(90)91)68(108)77-16-7-4-5-9-47(86)74-17-23-112-39-30-37(64(104)80-40(66(106)78-20-26-115-71-62(102)58(98)54(94)44(35-84)120-71)10-12-48(87)75-18-24-113-69-60(100)56(96)52(92)42(33-82)118-69)29-38(31-39)65(105)81-41(67(107)79-21-27-116-72-63(103)59(99)55(95)45(36-85)121-72)11-13-49(88)76-19-25-114-70-61(101)57(97)53(93)43(34-83)119-70/h29-31,40-46,52-63,69-72,82-85,92-103H,2-28,32-36H2,1H3,(H,73,89)(H,74,86)(H,75,87)(H,76,88)(H,77,108)(H,78,106)(H,79,107)(H,80,104)(H,81,105)(H,90,91)(H,109,110)/t40?,41?,42?,43?,44?,45?,46?,52-,53-,54-,55-,56+,57+,58+,59+,60?,61?,62?,63?,69+,70+,71+,72+/m1/s1. The van der Waals surface area contributed by atoms with Crippen LogP contribution in [0.4, 0.5) is 0 Å². The number of carbonyl (C=O) groups is 10. The summed E-state index contributed by atoms with van der Waals surface area (Å²) in [5.41, 5.74) is -0.894. The molecule has 12 unspecified atom stereocenters. The molecular weight excluding hydrogens is 1690 g/mol. The predicted octanol–water partition coefficient (Wildman–Crippen LogP) is -11.2. The second kappa shape index (κ2) is 56.4. The van der Waals surface area contributed by atoms with Gasteiger partial charge in [-0.25, -0.2) is 4.57 Å². The maximum atomic E-state index is 14.7. The van der Waals surface area contributed by atoms with E-state index in [0.29, 0.717) is 51.5 Å². The van der Waals surface area contributed by atoms with Crippen LogP contribution in [0.5, 0.6) is 5.75 Å². The highest BCUT2D eigenvalue weighted by Gasteiger charge is 2.48. The summed E-state index contributed by atoms with van der Waals surface area (Å²) in [7, 11) is -3.01. The van der Waals surface area contributed by atoms with E-state index >= 15 is 0 Å². The minimum atomic E-state index is -4.06. The number of benzene rings is 1. The summed E-state index contributed by atoms with van der Waals surface area (Å²) in [6, 6.07) is -0.172. The molecule has 0 aliphatic carbocycles. The molecule has 4 aliphatic rings. The van der Waals surface area contributed by atoms with Crippen LogP contribution in [0.25, 0.3) is 0 Å². The summed E-state index contributed by atoms with van der Waals surface area (Å²) >= 11 is 0.999. The number of hydrogen-bond acceptors (Lipinski definition) is 39. The van der Waals surface area contributed by atoms with E-state index in [2.05, 4.69) is 52.4 Å². The Kier molecular flexibility index (Phi) is 49.0. The number of carboxylic acids is 1. The van der Waals surface area contributed by atoms with Gasteiger partial charge < -0.3 is 182 Å². The maximum absolute atomic E-state index is 14.7. The van der Waals surface area contributed by atoms with E-state index in [4.69, 9.17) is 47.2 Å². The molecule has 0 aromatic heterocycles. The monoisotopic (exact) mass is 1810 g/mol. The number of aliphatic carboxylic acids is 1. The highest BCUT2D eigenvalue weighted by molar-refractivity contribution is 8.00. The molecule has 4 fully saturated rings. The summed E-state index contributed by atoms with van der Waals surface area (Å²) in [5, 5.41) is 194. The van der Waals surface area contributed by atoms with E-state index in [1.165, 1.54) is 0 Å². The molecule has 9 amide bonds. The van der Waals surface area contributed by atoms with Gasteiger partial charge in [0.15, 0.2) is 25.2 Å². The van der Waals surface area contributed by atoms with E-state index in [-0.39, 0.29) is 82.9 Å². The Labute approximate surface area is 709 Å². The molecule has 27 N–H and O–H groups in total. The van der Waals surface area contributed by atoms with Crippen LogP contribution in [0.1, 0.15) is 111 Å². The van der Waals surface area contributed by atoms with E-state index in [1.54, 1.807) is 0 Å². The minimum Gasteiger partial charge on any atom is -0.492 e. The number of carbonyl (C=O) groups excluding carboxylic acids is 9. The van der Waals surface area contributed by atoms with E-state index < -0.39 is 297 Å². The number of ether oxygens (including phenoxy) is 9. The van der Waals surface area contributed by atoms with Crippen LogP contribution < -0.4 is 52.6 Å². The summed E-state index contributed by atoms with van der Waals surface area (Å²) in [6.07, 6.45) is -32.2. The van der Waals surface area contributed by atoms with E-state index in [0.717, 1.165) is 37.1 Å². The fourth-order valence-electron chi connectivity index (χ4n) is 12.4. The molecule has 4 saturated heterocycles. The Hall–Kier alpha value is -6.78. The zero-order valence-electron chi connectivity index (χ0n) is 67.5. The number of phosphoric ester groups is 1. The van der Waals surface area contributed by atoms with Gasteiger partial charge in [-0.3, -0.25) is 57.0 Å². The molecular formula is C72H120N9O40PS. The second-order valence-electron chi connectivity index (χ2n) is 28.7. The average Bonchev–Trinajstić information content (AvgIpc) is 0.827. The van der Waals surface area contributed by atoms with Gasteiger partial charge in [0.2, 0.25) is 41.4 Å². The second-order valence-corrected chi connectivity index (χ2v) is 31.6. The van der Waals surface area contributed by atoms with Crippen molar-refractivity contribution in [2.24, 2.45) is 0 Å². The molecule has 0 radical (unpaired) electrons. The molecule has 49 nitrogen and oxygen atoms in total. The van der Waals surface area contributed by atoms with Crippen LogP contribution in [0.2, 0.25) is 0 Å². The molecule has 4 heterocycles. The number of hydrogen-bond donors (Lipinski definition) is 27. The number of unbranched alkanes of at least 4 members (excludes halogenated alkanes) is 5. The van der Waals surface area contributed by atoms with Crippen molar-refractivity contribution in [1.29, 1.82) is 0 Å². The first-order chi connectivity index (χ1) is 58.6. The van der Waals surface area contributed by atoms with Gasteiger partial charge in [0, 0.05) is 88.9 Å². The van der Waals surface area contributed by atoms with Crippen LogP contribution in [0, 0.1) is 0 Å². The number of amides is 9. The van der Waals surface area contributed by atoms with Crippen LogP contribution in [-0.4, -0.2) is 416 Å². The highest BCUT2D eigenvalue weighted by Crippen LogP contribution is 2.42. The first-order valence-electron chi connectivity index (χ1n) is 39.9. The summed E-state index contributed by atoms with van der Waals surface area (Å²) in [4.78, 5) is 144. The van der Waals surface area contributed by atoms with Crippen molar-refractivity contribution < 1.29 is 196 Å². The third kappa shape index (κ3) is 36.8. The Balaban J connectivity index is 1.31. The molecule has 24 atom stereocenters. The van der Waals surface area contributed by atoms with Crippen LogP contribution in [0.15, 0.2) is 18.2 Å². The number of aliphatic hydroxyl groups excluding tert-OH is 16. The molecule has 4 aliphatic heterocycles. The Bertz CT molecular complexity index is 3310. The number of rotatable bonds is 58. The molecule has 51 heteroatoms. The largest absolute Gasteiger partial charge is 0.492 e. The lowest BCUT2D eigenvalue weighted by Crippen LogP contribution is -2.59. The zero-order chi connectivity index (χ0) is 90.9. The van der Waals surface area contributed by atoms with Crippen molar-refractivity contribution >= 4 is 78.7 Å². The number of aliphatic hydroxyl groups is 16. The van der Waals surface area contributed by atoms with Gasteiger partial charge in [0.05, 0.1) is 77.7 Å². The number of phosphoric acid groups is 1. The third-order valence-corrected chi connectivity index (χ3v) is 21.6. The van der Waals surface area contributed by atoms with Gasteiger partial charge in [-0.1, -0.05) is 19.3 Å². The van der Waals surface area contributed by atoms with Crippen LogP contribution >= 0.6 is 19.6 Å². The smallest absolute Gasteiger partial charge is 0.471 e. The SMILES string of the molecule is COP(=O)(O)OCCCCCCNC(=O)CCSC(CC(=O)O)C(=O)NCCCCCC(=O)NCCOc1cc(C(=O)NC(CCC(=O)NCCO[C@H]2OC(CO)[C@@H](O)[C@H](O)C2O)C(=O)NCCO[C@H]2OC(CO)[C@@H](O)[C@H](O)C2O)cc(C(=O)NC(CCC(=O)NCCO[C@H]2OC(CO)[C@@H](O)[C@H](O)C2O)C(=O)NCCO[C@H]2OC(CO)[C@@H](O)[C@H](O)C2O)c1. The molecule has 0 spiro atoms. The summed E-state index contributed by atoms with van der Waals surface area (Å²) in [6.45, 7) is -6.41. The van der Waals surface area contributed by atoms with Crippen molar-refractivity contribution in [3.63, 3.8) is 0 Å². The molecule has 0 bridgehead atoms. The normalized spacial score (nSPS) is 27.6. The van der Waals surface area contributed by atoms with Crippen molar-refractivity contribution in [3.05, 3.63) is 29.3 Å². The fraction of sp³-hybridized carbons (Fsp3) is 0.778. The van der Waals surface area contributed by atoms with Gasteiger partial charge in [-0.2, -0.15) is 0 Å². The van der Waals surface area contributed by atoms with Gasteiger partial charge in [0.25, 0.3) is 11.8 Å². The fourth-order valence-corrected chi connectivity index (χ4v) is 13.9. The van der Waals surface area contributed by atoms with Gasteiger partial charge in [0.1, 0.15) is 122 Å². The van der Waals surface area contributed by atoms with Gasteiger partial charge in [-0.15, -0.1) is 11.8 Å². The van der Waals surface area contributed by atoms with E-state index in [9.17, 15) is 144 Å². The topological polar surface area (TPSA) is 762 Å². The molecule has 1 aromatic rings. The Morgan fingerprint density at radius 3 is 1.14 bits per heavy atom. The maximum Gasteiger partial charge on any atom is 0.471 e. The van der Waals surface area contributed by atoms with Crippen molar-refractivity contribution in [2.75, 3.05) is 125 Å². The lowest BCUT2D eigenvalue weighted by Gasteiger charge is -2.39. The predicted molar refractivity (Wildman–Crippen MR) is 416 cm³/mol. The number of carboxylic acid groups (broad SMARTS) is 1. The van der Waals surface area contributed by atoms with Crippen molar-refractivity contribution in [3.8, 4) is 5.75 Å². The molecule has 704 valence electrons. The highest BCUT2D eigenvalue weighted by atomic mass is 32.2. The zero-order valence-corrected chi connectivity index (χ0v) is 69.2. The minimum absolute atomic E-state index is 0.00200. The number of thioether (sulfide) groups is 1. The molecule has 1 aromatic carbocycles. The Morgan fingerprint density at radius 2 is 0.748 bits per heavy atom. The lowest BCUT2D eigenvalue weighted by atomic mass is 9.99. The first-order valence-corrected chi connectivity index (χ1v) is 42.5. The molecule has 5 rings (SSSR count). The van der Waals surface area contributed by atoms with Crippen molar-refractivity contribution in [2.45, 2.75) is 230 Å². The average molecular weight is 1810 g/mol. The summed E-state index contributed by atoms with van der Waals surface area (Å²) in [5.74, 6) is -8.51. The Morgan fingerprint density at radius 1 is 0.407 bits per heavy atom. The lowest BCUT2D eigenvalue weighted by molar-refractivity contribution is -0.300. The molecule has 123 heavy (non-hydrogen) atoms. The van der Waals surface area contributed by atoms with E-state index in [1.807, 2.05) is 0 Å². The van der Waals surface area contributed by atoms with Gasteiger partial charge >= 0.3 is 13.8 Å².